The Labute approximate surface area is 178 Å². The minimum absolute atomic E-state index is 0.113. The van der Waals surface area contributed by atoms with E-state index in [4.69, 9.17) is 9.15 Å². The third-order valence-electron chi connectivity index (χ3n) is 4.90. The maximum atomic E-state index is 12.8. The number of amides is 1. The van der Waals surface area contributed by atoms with Crippen LogP contribution in [0.3, 0.4) is 0 Å². The standard InChI is InChI=1S/C20H22N4O6S/c1-13(21-15-5-6-18-17(12-15)23-20(26)30-18)19(25)22-14-3-2-4-16(11-14)31(27,28)24-7-9-29-10-8-24/h2-6,11-13,21H,7-10H2,1H3,(H,22,25)(H,23,26). The number of rotatable bonds is 6. The van der Waals surface area contributed by atoms with E-state index in [9.17, 15) is 18.0 Å². The van der Waals surface area contributed by atoms with Crippen LogP contribution in [-0.4, -0.2) is 56.0 Å². The first-order valence-corrected chi connectivity index (χ1v) is 11.2. The van der Waals surface area contributed by atoms with Gasteiger partial charge in [0.15, 0.2) is 5.58 Å². The number of hydrogen-bond donors (Lipinski definition) is 3. The molecule has 0 bridgehead atoms. The molecule has 1 saturated heterocycles. The van der Waals surface area contributed by atoms with Crippen molar-refractivity contribution in [2.24, 2.45) is 0 Å². The predicted octanol–water partition coefficient (Wildman–Crippen LogP) is 1.58. The van der Waals surface area contributed by atoms with Gasteiger partial charge in [-0.25, -0.2) is 13.2 Å². The van der Waals surface area contributed by atoms with E-state index >= 15 is 0 Å². The van der Waals surface area contributed by atoms with Crippen LogP contribution in [0, 0.1) is 0 Å². The average molecular weight is 446 g/mol. The second kappa shape index (κ2) is 8.53. The Balaban J connectivity index is 1.45. The van der Waals surface area contributed by atoms with Gasteiger partial charge >= 0.3 is 5.76 Å². The highest BCUT2D eigenvalue weighted by atomic mass is 32.2. The number of fused-ring (bicyclic) bond motifs is 1. The average Bonchev–Trinajstić information content (AvgIpc) is 3.13. The van der Waals surface area contributed by atoms with E-state index in [2.05, 4.69) is 15.6 Å². The number of nitrogens with one attached hydrogen (secondary N) is 3. The molecule has 164 valence electrons. The summed E-state index contributed by atoms with van der Waals surface area (Å²) in [5.41, 5.74) is 1.94. The molecule has 3 aromatic rings. The third kappa shape index (κ3) is 4.63. The van der Waals surface area contributed by atoms with Crippen molar-refractivity contribution in [2.45, 2.75) is 17.9 Å². The Morgan fingerprint density at radius 2 is 1.90 bits per heavy atom. The van der Waals surface area contributed by atoms with Crippen LogP contribution in [0.25, 0.3) is 11.1 Å². The van der Waals surface area contributed by atoms with Crippen LogP contribution in [0.1, 0.15) is 6.92 Å². The van der Waals surface area contributed by atoms with Gasteiger partial charge in [0.2, 0.25) is 15.9 Å². The van der Waals surface area contributed by atoms with E-state index in [0.29, 0.717) is 48.8 Å². The number of sulfonamides is 1. The highest BCUT2D eigenvalue weighted by molar-refractivity contribution is 7.89. The lowest BCUT2D eigenvalue weighted by atomic mass is 10.2. The highest BCUT2D eigenvalue weighted by Gasteiger charge is 2.26. The summed E-state index contributed by atoms with van der Waals surface area (Å²) in [5.74, 6) is -0.897. The SMILES string of the molecule is CC(Nc1ccc2oc(=O)[nH]c2c1)C(=O)Nc1cccc(S(=O)(=O)N2CCOCC2)c1. The van der Waals surface area contributed by atoms with Crippen LogP contribution < -0.4 is 16.4 Å². The largest absolute Gasteiger partial charge is 0.417 e. The molecule has 0 aliphatic carbocycles. The highest BCUT2D eigenvalue weighted by Crippen LogP contribution is 2.21. The number of carbonyl (C=O) groups excluding carboxylic acids is 1. The summed E-state index contributed by atoms with van der Waals surface area (Å²) < 4.78 is 37.2. The van der Waals surface area contributed by atoms with Crippen LogP contribution in [-0.2, 0) is 19.6 Å². The fourth-order valence-corrected chi connectivity index (χ4v) is 4.73. The van der Waals surface area contributed by atoms with Crippen LogP contribution in [0.4, 0.5) is 11.4 Å². The fraction of sp³-hybridized carbons (Fsp3) is 0.300. The number of carbonyl (C=O) groups is 1. The van der Waals surface area contributed by atoms with Gasteiger partial charge in [-0.05, 0) is 43.3 Å². The van der Waals surface area contributed by atoms with Crippen molar-refractivity contribution in [1.29, 1.82) is 0 Å². The van der Waals surface area contributed by atoms with E-state index in [1.807, 2.05) is 0 Å². The lowest BCUT2D eigenvalue weighted by molar-refractivity contribution is -0.116. The minimum atomic E-state index is -3.66. The molecule has 2 aromatic carbocycles. The molecule has 1 atom stereocenters. The minimum Gasteiger partial charge on any atom is -0.408 e. The molecule has 2 heterocycles. The molecule has 0 radical (unpaired) electrons. The van der Waals surface area contributed by atoms with Crippen LogP contribution in [0.15, 0.2) is 56.6 Å². The lowest BCUT2D eigenvalue weighted by Gasteiger charge is -2.26. The van der Waals surface area contributed by atoms with Crippen molar-refractivity contribution < 1.29 is 22.4 Å². The fourth-order valence-electron chi connectivity index (χ4n) is 3.28. The second-order valence-electron chi connectivity index (χ2n) is 7.13. The summed E-state index contributed by atoms with van der Waals surface area (Å²) in [6.45, 7) is 2.99. The number of nitrogens with zero attached hydrogens (tertiary/aromatic N) is 1. The number of hydrogen-bond acceptors (Lipinski definition) is 7. The molecule has 10 nitrogen and oxygen atoms in total. The van der Waals surface area contributed by atoms with Crippen molar-refractivity contribution in [3.05, 3.63) is 53.0 Å². The van der Waals surface area contributed by atoms with Gasteiger partial charge in [0.05, 0.1) is 23.6 Å². The van der Waals surface area contributed by atoms with Crippen LogP contribution in [0.2, 0.25) is 0 Å². The molecule has 1 aromatic heterocycles. The molecule has 1 fully saturated rings. The van der Waals surface area contributed by atoms with Crippen molar-refractivity contribution in [1.82, 2.24) is 9.29 Å². The zero-order valence-electron chi connectivity index (χ0n) is 16.8. The Morgan fingerprint density at radius 3 is 2.68 bits per heavy atom. The van der Waals surface area contributed by atoms with Crippen LogP contribution >= 0.6 is 0 Å². The van der Waals surface area contributed by atoms with E-state index in [1.165, 1.54) is 16.4 Å². The molecule has 3 N–H and O–H groups in total. The topological polar surface area (TPSA) is 134 Å². The molecular weight excluding hydrogens is 424 g/mol. The van der Waals surface area contributed by atoms with Gasteiger partial charge in [-0.2, -0.15) is 4.31 Å². The summed E-state index contributed by atoms with van der Waals surface area (Å²) in [7, 11) is -3.66. The zero-order chi connectivity index (χ0) is 22.0. The first-order valence-electron chi connectivity index (χ1n) is 9.71. The Bertz CT molecular complexity index is 1260. The number of aromatic nitrogens is 1. The number of ether oxygens (including phenoxy) is 1. The molecule has 0 spiro atoms. The van der Waals surface area contributed by atoms with Crippen molar-refractivity contribution in [2.75, 3.05) is 36.9 Å². The van der Waals surface area contributed by atoms with Gasteiger partial charge in [0, 0.05) is 24.5 Å². The summed E-state index contributed by atoms with van der Waals surface area (Å²) in [4.78, 5) is 26.6. The summed E-state index contributed by atoms with van der Waals surface area (Å²) in [5, 5.41) is 5.78. The molecule has 31 heavy (non-hydrogen) atoms. The Morgan fingerprint density at radius 1 is 1.13 bits per heavy atom. The molecule has 1 aliphatic rings. The van der Waals surface area contributed by atoms with E-state index in [-0.39, 0.29) is 10.8 Å². The Kier molecular flexibility index (Phi) is 5.81. The third-order valence-corrected chi connectivity index (χ3v) is 6.80. The van der Waals surface area contributed by atoms with Gasteiger partial charge in [-0.1, -0.05) is 6.07 Å². The van der Waals surface area contributed by atoms with Crippen molar-refractivity contribution in [3.63, 3.8) is 0 Å². The number of oxazole rings is 1. The maximum absolute atomic E-state index is 12.8. The molecule has 1 aliphatic heterocycles. The summed E-state index contributed by atoms with van der Waals surface area (Å²) >= 11 is 0. The van der Waals surface area contributed by atoms with Crippen molar-refractivity contribution in [3.8, 4) is 0 Å². The molecule has 1 unspecified atom stereocenters. The maximum Gasteiger partial charge on any atom is 0.417 e. The lowest BCUT2D eigenvalue weighted by Crippen LogP contribution is -2.40. The van der Waals surface area contributed by atoms with Gasteiger partial charge in [-0.15, -0.1) is 0 Å². The van der Waals surface area contributed by atoms with Gasteiger partial charge in [0.25, 0.3) is 0 Å². The molecular formula is C20H22N4O6S. The van der Waals surface area contributed by atoms with Gasteiger partial charge < -0.3 is 19.8 Å². The van der Waals surface area contributed by atoms with Crippen molar-refractivity contribution >= 4 is 38.4 Å². The summed E-state index contributed by atoms with van der Waals surface area (Å²) in [6.07, 6.45) is 0. The second-order valence-corrected chi connectivity index (χ2v) is 9.06. The number of benzene rings is 2. The summed E-state index contributed by atoms with van der Waals surface area (Å²) in [6, 6.07) is 10.5. The molecule has 1 amide bonds. The molecule has 11 heteroatoms. The number of morpholine rings is 1. The Hall–Kier alpha value is -3.15. The molecule has 0 saturated carbocycles. The normalized spacial score (nSPS) is 16.2. The molecule has 4 rings (SSSR count). The number of anilines is 2. The smallest absolute Gasteiger partial charge is 0.408 e. The van der Waals surface area contributed by atoms with E-state index in [0.717, 1.165) is 0 Å². The van der Waals surface area contributed by atoms with E-state index < -0.39 is 21.8 Å². The first-order chi connectivity index (χ1) is 14.8. The zero-order valence-corrected chi connectivity index (χ0v) is 17.6. The quantitative estimate of drug-likeness (QED) is 0.523. The number of aromatic amines is 1. The first kappa shape index (κ1) is 21.1. The van der Waals surface area contributed by atoms with E-state index in [1.54, 1.807) is 37.3 Å². The predicted molar refractivity (Wildman–Crippen MR) is 115 cm³/mol. The van der Waals surface area contributed by atoms with Crippen LogP contribution in [0.5, 0.6) is 0 Å². The monoisotopic (exact) mass is 446 g/mol. The van der Waals surface area contributed by atoms with Gasteiger partial charge in [0.1, 0.15) is 6.04 Å². The number of H-pyrrole nitrogens is 1. The van der Waals surface area contributed by atoms with Gasteiger partial charge in [-0.3, -0.25) is 9.78 Å².